The molecule has 0 fully saturated rings. The zero-order valence-corrected chi connectivity index (χ0v) is 16.3. The van der Waals surface area contributed by atoms with Crippen LogP contribution in [0.15, 0.2) is 70.1 Å². The van der Waals surface area contributed by atoms with Crippen LogP contribution in [0.3, 0.4) is 0 Å². The van der Waals surface area contributed by atoms with E-state index in [1.807, 2.05) is 12.1 Å². The average Bonchev–Trinajstić information content (AvgIpc) is 3.24. The summed E-state index contributed by atoms with van der Waals surface area (Å²) in [5.41, 5.74) is 1.43. The monoisotopic (exact) mass is 405 g/mol. The molecule has 0 aliphatic carbocycles. The molecule has 0 N–H and O–H groups in total. The highest BCUT2D eigenvalue weighted by molar-refractivity contribution is 5.94. The number of esters is 2. The zero-order valence-electron chi connectivity index (χ0n) is 16.3. The summed E-state index contributed by atoms with van der Waals surface area (Å²) in [5.74, 6) is -0.841. The van der Waals surface area contributed by atoms with Crippen LogP contribution in [-0.4, -0.2) is 23.1 Å². The number of aromatic nitrogens is 1. The van der Waals surface area contributed by atoms with E-state index < -0.39 is 11.9 Å². The van der Waals surface area contributed by atoms with Gasteiger partial charge in [-0.2, -0.15) is 0 Å². The summed E-state index contributed by atoms with van der Waals surface area (Å²) in [6, 6.07) is 15.7. The van der Waals surface area contributed by atoms with Gasteiger partial charge in [0.05, 0.1) is 23.9 Å². The molecule has 152 valence electrons. The second-order valence-corrected chi connectivity index (χ2v) is 6.59. The first kappa shape index (κ1) is 19.4. The van der Waals surface area contributed by atoms with E-state index in [2.05, 4.69) is 0 Å². The smallest absolute Gasteiger partial charge is 0.341 e. The molecular formula is C23H19NO6. The lowest BCUT2D eigenvalue weighted by Gasteiger charge is -2.14. The van der Waals surface area contributed by atoms with Gasteiger partial charge < -0.3 is 18.5 Å². The van der Waals surface area contributed by atoms with E-state index in [4.69, 9.17) is 13.9 Å². The first-order chi connectivity index (χ1) is 14.6. The van der Waals surface area contributed by atoms with Crippen molar-refractivity contribution >= 4 is 33.7 Å². The van der Waals surface area contributed by atoms with Crippen molar-refractivity contribution in [2.75, 3.05) is 6.61 Å². The van der Waals surface area contributed by atoms with E-state index in [1.54, 1.807) is 47.9 Å². The molecule has 7 heteroatoms. The summed E-state index contributed by atoms with van der Waals surface area (Å²) >= 11 is 0. The van der Waals surface area contributed by atoms with Gasteiger partial charge in [-0.15, -0.1) is 0 Å². The molecule has 30 heavy (non-hydrogen) atoms. The van der Waals surface area contributed by atoms with Gasteiger partial charge in [0.1, 0.15) is 18.7 Å². The Morgan fingerprint density at radius 1 is 0.933 bits per heavy atom. The first-order valence-electron chi connectivity index (χ1n) is 9.49. The molecule has 0 saturated carbocycles. The third-order valence-corrected chi connectivity index (χ3v) is 4.77. The van der Waals surface area contributed by atoms with Crippen molar-refractivity contribution in [1.82, 2.24) is 4.57 Å². The van der Waals surface area contributed by atoms with Crippen molar-refractivity contribution in [3.63, 3.8) is 0 Å². The summed E-state index contributed by atoms with van der Waals surface area (Å²) in [6.45, 7) is 1.64. The number of carbonyl (C=O) groups excluding carboxylic acids is 2. The molecule has 0 unspecified atom stereocenters. The van der Waals surface area contributed by atoms with Crippen LogP contribution in [0, 0.1) is 0 Å². The van der Waals surface area contributed by atoms with E-state index >= 15 is 0 Å². The quantitative estimate of drug-likeness (QED) is 0.359. The molecule has 2 aromatic heterocycles. The minimum atomic E-state index is -0.533. The Kier molecular flexibility index (Phi) is 5.34. The van der Waals surface area contributed by atoms with Crippen LogP contribution >= 0.6 is 0 Å². The number of para-hydroxylation sites is 2. The van der Waals surface area contributed by atoms with Gasteiger partial charge in [0.25, 0.3) is 0 Å². The first-order valence-corrected chi connectivity index (χ1v) is 9.49. The molecule has 0 aliphatic rings. The van der Waals surface area contributed by atoms with Gasteiger partial charge in [-0.3, -0.25) is 9.59 Å². The Balaban J connectivity index is 1.61. The molecule has 2 heterocycles. The predicted molar refractivity (Wildman–Crippen MR) is 110 cm³/mol. The average molecular weight is 405 g/mol. The summed E-state index contributed by atoms with van der Waals surface area (Å²) < 4.78 is 17.3. The lowest BCUT2D eigenvalue weighted by atomic mass is 10.1. The van der Waals surface area contributed by atoms with Gasteiger partial charge in [-0.05, 0) is 37.3 Å². The summed E-state index contributed by atoms with van der Waals surface area (Å²) in [7, 11) is 0. The third-order valence-electron chi connectivity index (χ3n) is 4.77. The number of carbonyl (C=O) groups is 2. The molecule has 0 spiro atoms. The number of hydrogen-bond donors (Lipinski definition) is 0. The summed E-state index contributed by atoms with van der Waals surface area (Å²) in [5, 5.41) is 1.05. The molecule has 0 atom stereocenters. The van der Waals surface area contributed by atoms with Crippen molar-refractivity contribution < 1.29 is 23.5 Å². The minimum absolute atomic E-state index is 0.0829. The van der Waals surface area contributed by atoms with E-state index in [0.29, 0.717) is 21.8 Å². The van der Waals surface area contributed by atoms with E-state index in [0.717, 1.165) is 0 Å². The standard InChI is InChI=1S/C23H19NO6/c1-2-28-23(27)17-11-12-29-20(17)14-30-21(25)13-24-18-9-5-3-7-15(18)22(26)16-8-4-6-10-19(16)24/h3-12H,2,13-14H2,1H3. The molecule has 7 nitrogen and oxygen atoms in total. The van der Waals surface area contributed by atoms with Crippen LogP contribution in [0.5, 0.6) is 0 Å². The number of furan rings is 1. The van der Waals surface area contributed by atoms with Crippen LogP contribution < -0.4 is 5.43 Å². The Labute approximate surface area is 171 Å². The van der Waals surface area contributed by atoms with Gasteiger partial charge in [0, 0.05) is 10.8 Å². The maximum atomic E-state index is 12.8. The largest absolute Gasteiger partial charge is 0.465 e. The number of rotatable bonds is 6. The fourth-order valence-electron chi connectivity index (χ4n) is 3.41. The van der Waals surface area contributed by atoms with E-state index in [1.165, 1.54) is 12.3 Å². The highest BCUT2D eigenvalue weighted by Gasteiger charge is 2.18. The number of pyridine rings is 1. The van der Waals surface area contributed by atoms with Crippen LogP contribution in [0.2, 0.25) is 0 Å². The maximum absolute atomic E-state index is 12.8. The van der Waals surface area contributed by atoms with E-state index in [9.17, 15) is 14.4 Å². The second kappa shape index (κ2) is 8.24. The van der Waals surface area contributed by atoms with Crippen LogP contribution in [0.25, 0.3) is 21.8 Å². The minimum Gasteiger partial charge on any atom is -0.465 e. The van der Waals surface area contributed by atoms with Gasteiger partial charge in [0.2, 0.25) is 0 Å². The summed E-state index contributed by atoms with van der Waals surface area (Å²) in [4.78, 5) is 37.3. The molecular weight excluding hydrogens is 386 g/mol. The fourth-order valence-corrected chi connectivity index (χ4v) is 3.41. The highest BCUT2D eigenvalue weighted by atomic mass is 16.5. The third kappa shape index (κ3) is 3.57. The number of hydrogen-bond acceptors (Lipinski definition) is 6. The lowest BCUT2D eigenvalue weighted by Crippen LogP contribution is -2.18. The molecule has 0 bridgehead atoms. The molecule has 0 saturated heterocycles. The number of benzene rings is 2. The van der Waals surface area contributed by atoms with Crippen molar-refractivity contribution in [1.29, 1.82) is 0 Å². The van der Waals surface area contributed by atoms with Crippen molar-refractivity contribution in [3.8, 4) is 0 Å². The van der Waals surface area contributed by atoms with Crippen molar-refractivity contribution in [2.24, 2.45) is 0 Å². The molecule has 0 amide bonds. The molecule has 2 aromatic carbocycles. The number of fused-ring (bicyclic) bond motifs is 2. The Bertz CT molecular complexity index is 1240. The van der Waals surface area contributed by atoms with Gasteiger partial charge >= 0.3 is 11.9 Å². The van der Waals surface area contributed by atoms with Gasteiger partial charge in [0.15, 0.2) is 11.2 Å². The van der Waals surface area contributed by atoms with Crippen LogP contribution in [0.1, 0.15) is 23.0 Å². The highest BCUT2D eigenvalue weighted by Crippen LogP contribution is 2.20. The molecule has 4 aromatic rings. The van der Waals surface area contributed by atoms with Gasteiger partial charge in [-0.1, -0.05) is 24.3 Å². The number of nitrogens with zero attached hydrogens (tertiary/aromatic N) is 1. The van der Waals surface area contributed by atoms with Crippen LogP contribution in [0.4, 0.5) is 0 Å². The topological polar surface area (TPSA) is 87.7 Å². The van der Waals surface area contributed by atoms with E-state index in [-0.39, 0.29) is 36.5 Å². The summed E-state index contributed by atoms with van der Waals surface area (Å²) in [6.07, 6.45) is 1.35. The van der Waals surface area contributed by atoms with Crippen molar-refractivity contribution in [3.05, 3.63) is 82.4 Å². The maximum Gasteiger partial charge on any atom is 0.341 e. The second-order valence-electron chi connectivity index (χ2n) is 6.59. The molecule has 0 aliphatic heterocycles. The fraction of sp³-hybridized carbons (Fsp3) is 0.174. The Morgan fingerprint density at radius 3 is 2.20 bits per heavy atom. The molecule has 0 radical (unpaired) electrons. The lowest BCUT2D eigenvalue weighted by molar-refractivity contribution is -0.146. The van der Waals surface area contributed by atoms with Crippen LogP contribution in [-0.2, 0) is 27.4 Å². The molecule has 4 rings (SSSR count). The van der Waals surface area contributed by atoms with Crippen molar-refractivity contribution in [2.45, 2.75) is 20.1 Å². The van der Waals surface area contributed by atoms with Gasteiger partial charge in [-0.25, -0.2) is 4.79 Å². The SMILES string of the molecule is CCOC(=O)c1ccoc1COC(=O)Cn1c2ccccc2c(=O)c2ccccc21. The number of ether oxygens (including phenoxy) is 2. The zero-order chi connectivity index (χ0) is 21.1. The normalized spacial score (nSPS) is 11.0. The predicted octanol–water partition coefficient (Wildman–Crippen LogP) is 3.67. The Morgan fingerprint density at radius 2 is 1.57 bits per heavy atom. The Hall–Kier alpha value is -3.87.